The summed E-state index contributed by atoms with van der Waals surface area (Å²) in [5, 5.41) is 14.8. The van der Waals surface area contributed by atoms with Gasteiger partial charge in [-0.25, -0.2) is 4.39 Å². The molecule has 112 valence electrons. The Morgan fingerprint density at radius 3 is 2.76 bits per heavy atom. The Bertz CT molecular complexity index is 565. The number of hydrogen-bond acceptors (Lipinski definition) is 3. The van der Waals surface area contributed by atoms with E-state index in [1.807, 2.05) is 0 Å². The maximum atomic E-state index is 13.7. The zero-order chi connectivity index (χ0) is 15.3. The minimum atomic E-state index is -0.774. The van der Waals surface area contributed by atoms with Crippen molar-refractivity contribution >= 4 is 23.2 Å². The van der Waals surface area contributed by atoms with Crippen LogP contribution in [0.1, 0.15) is 32.1 Å². The molecule has 21 heavy (non-hydrogen) atoms. The molecule has 0 heterocycles. The molecule has 6 heteroatoms. The normalized spacial score (nSPS) is 16.8. The molecular weight excluding hydrogens is 293 g/mol. The predicted octanol–water partition coefficient (Wildman–Crippen LogP) is 3.23. The zero-order valence-electron chi connectivity index (χ0n) is 11.6. The number of nitrogens with one attached hydrogen (secondary N) is 2. The van der Waals surface area contributed by atoms with Crippen LogP contribution in [0.2, 0.25) is 5.02 Å². The smallest absolute Gasteiger partial charge is 0.240 e. The van der Waals surface area contributed by atoms with Gasteiger partial charge >= 0.3 is 0 Å². The van der Waals surface area contributed by atoms with Crippen LogP contribution in [-0.4, -0.2) is 18.0 Å². The van der Waals surface area contributed by atoms with Crippen molar-refractivity contribution in [1.29, 1.82) is 5.26 Å². The van der Waals surface area contributed by atoms with Gasteiger partial charge in [0.1, 0.15) is 5.54 Å². The summed E-state index contributed by atoms with van der Waals surface area (Å²) in [5.74, 6) is -0.905. The number of benzene rings is 1. The highest BCUT2D eigenvalue weighted by Gasteiger charge is 2.33. The molecule has 0 aromatic heterocycles. The maximum absolute atomic E-state index is 13.7. The topological polar surface area (TPSA) is 64.9 Å². The van der Waals surface area contributed by atoms with E-state index >= 15 is 0 Å². The second-order valence-electron chi connectivity index (χ2n) is 5.26. The summed E-state index contributed by atoms with van der Waals surface area (Å²) >= 11 is 5.67. The second kappa shape index (κ2) is 6.77. The number of amides is 1. The molecule has 1 amide bonds. The predicted molar refractivity (Wildman–Crippen MR) is 79.5 cm³/mol. The number of anilines is 1. The van der Waals surface area contributed by atoms with Crippen molar-refractivity contribution in [3.63, 3.8) is 0 Å². The Hall–Kier alpha value is -1.80. The molecule has 0 saturated heterocycles. The minimum absolute atomic E-state index is 0.00110. The van der Waals surface area contributed by atoms with E-state index in [0.29, 0.717) is 12.8 Å². The van der Waals surface area contributed by atoms with Crippen LogP contribution in [0.3, 0.4) is 0 Å². The first kappa shape index (κ1) is 15.6. The van der Waals surface area contributed by atoms with E-state index in [2.05, 4.69) is 16.7 Å². The molecule has 0 atom stereocenters. The Morgan fingerprint density at radius 2 is 2.10 bits per heavy atom. The molecular formula is C15H17ClFN3O. The van der Waals surface area contributed by atoms with Crippen molar-refractivity contribution in [2.75, 3.05) is 11.9 Å². The lowest BCUT2D eigenvalue weighted by molar-refractivity contribution is -0.121. The number of carbonyl (C=O) groups excluding carboxylic acids is 1. The van der Waals surface area contributed by atoms with Gasteiger partial charge in [-0.3, -0.25) is 4.79 Å². The molecule has 1 aliphatic rings. The van der Waals surface area contributed by atoms with Gasteiger partial charge < -0.3 is 10.6 Å². The first-order valence-corrected chi connectivity index (χ1v) is 7.34. The van der Waals surface area contributed by atoms with Gasteiger partial charge in [-0.1, -0.05) is 36.9 Å². The number of carbonyl (C=O) groups is 1. The molecule has 0 spiro atoms. The molecule has 0 radical (unpaired) electrons. The lowest BCUT2D eigenvalue weighted by atomic mass is 9.83. The maximum Gasteiger partial charge on any atom is 0.240 e. The summed E-state index contributed by atoms with van der Waals surface area (Å²) in [6.07, 6.45) is 4.29. The molecule has 1 aliphatic carbocycles. The van der Waals surface area contributed by atoms with E-state index in [1.165, 1.54) is 12.1 Å². The number of halogens is 2. The van der Waals surface area contributed by atoms with Crippen LogP contribution in [0.15, 0.2) is 18.2 Å². The van der Waals surface area contributed by atoms with E-state index in [9.17, 15) is 14.4 Å². The largest absolute Gasteiger partial charge is 0.374 e. The Kier molecular flexibility index (Phi) is 5.03. The SMILES string of the molecule is N#CC1(NC(=O)CNc2cccc(Cl)c2F)CCCCC1. The molecule has 1 aromatic carbocycles. The average Bonchev–Trinajstić information content (AvgIpc) is 2.50. The molecule has 1 saturated carbocycles. The Balaban J connectivity index is 1.93. The summed E-state index contributed by atoms with van der Waals surface area (Å²) in [4.78, 5) is 12.0. The average molecular weight is 310 g/mol. The van der Waals surface area contributed by atoms with Gasteiger partial charge in [-0.05, 0) is 25.0 Å². The quantitative estimate of drug-likeness (QED) is 0.897. The summed E-state index contributed by atoms with van der Waals surface area (Å²) < 4.78 is 13.7. The number of rotatable bonds is 4. The van der Waals surface area contributed by atoms with Crippen LogP contribution in [0.4, 0.5) is 10.1 Å². The van der Waals surface area contributed by atoms with Crippen molar-refractivity contribution < 1.29 is 9.18 Å². The Morgan fingerprint density at radius 1 is 1.38 bits per heavy atom. The summed E-state index contributed by atoms with van der Waals surface area (Å²) in [5.41, 5.74) is -0.600. The highest BCUT2D eigenvalue weighted by Crippen LogP contribution is 2.27. The van der Waals surface area contributed by atoms with Gasteiger partial charge in [0.15, 0.2) is 5.82 Å². The van der Waals surface area contributed by atoms with Gasteiger partial charge in [0.2, 0.25) is 5.91 Å². The lowest BCUT2D eigenvalue weighted by Crippen LogP contribution is -2.50. The van der Waals surface area contributed by atoms with Crippen molar-refractivity contribution in [2.24, 2.45) is 0 Å². The molecule has 1 fully saturated rings. The van der Waals surface area contributed by atoms with Crippen molar-refractivity contribution in [3.05, 3.63) is 29.0 Å². The first-order valence-electron chi connectivity index (χ1n) is 6.96. The number of hydrogen-bond donors (Lipinski definition) is 2. The van der Waals surface area contributed by atoms with Gasteiger partial charge in [0, 0.05) is 0 Å². The fourth-order valence-corrected chi connectivity index (χ4v) is 2.72. The number of nitriles is 1. The van der Waals surface area contributed by atoms with E-state index in [-0.39, 0.29) is 23.2 Å². The molecule has 2 N–H and O–H groups in total. The van der Waals surface area contributed by atoms with Gasteiger partial charge in [0.05, 0.1) is 23.3 Å². The van der Waals surface area contributed by atoms with Gasteiger partial charge in [-0.15, -0.1) is 0 Å². The van der Waals surface area contributed by atoms with Crippen LogP contribution in [0, 0.1) is 17.1 Å². The lowest BCUT2D eigenvalue weighted by Gasteiger charge is -2.31. The number of nitrogens with zero attached hydrogens (tertiary/aromatic N) is 1. The second-order valence-corrected chi connectivity index (χ2v) is 5.66. The van der Waals surface area contributed by atoms with Crippen molar-refractivity contribution in [1.82, 2.24) is 5.32 Å². The van der Waals surface area contributed by atoms with Crippen molar-refractivity contribution in [3.8, 4) is 6.07 Å². The fourth-order valence-electron chi connectivity index (χ4n) is 2.55. The minimum Gasteiger partial charge on any atom is -0.374 e. The highest BCUT2D eigenvalue weighted by atomic mass is 35.5. The Labute approximate surface area is 128 Å². The summed E-state index contributed by atoms with van der Waals surface area (Å²) in [7, 11) is 0. The van der Waals surface area contributed by atoms with Crippen LogP contribution < -0.4 is 10.6 Å². The molecule has 1 aromatic rings. The molecule has 0 unspecified atom stereocenters. The van der Waals surface area contributed by atoms with E-state index in [4.69, 9.17) is 11.6 Å². The van der Waals surface area contributed by atoms with E-state index in [0.717, 1.165) is 19.3 Å². The highest BCUT2D eigenvalue weighted by molar-refractivity contribution is 6.31. The third-order valence-corrected chi connectivity index (χ3v) is 3.98. The third-order valence-electron chi connectivity index (χ3n) is 3.69. The third kappa shape index (κ3) is 3.85. The summed E-state index contributed by atoms with van der Waals surface area (Å²) in [6.45, 7) is -0.0965. The fraction of sp³-hybridized carbons (Fsp3) is 0.467. The molecule has 0 bridgehead atoms. The van der Waals surface area contributed by atoms with Crippen molar-refractivity contribution in [2.45, 2.75) is 37.6 Å². The standard InChI is InChI=1S/C15H17ClFN3O/c16-11-5-4-6-12(14(11)17)19-9-13(21)20-15(10-18)7-2-1-3-8-15/h4-6,19H,1-3,7-9H2,(H,20,21). The summed E-state index contributed by atoms with van der Waals surface area (Å²) in [6, 6.07) is 6.76. The van der Waals surface area contributed by atoms with Crippen LogP contribution in [0.5, 0.6) is 0 Å². The van der Waals surface area contributed by atoms with E-state index in [1.54, 1.807) is 6.07 Å². The molecule has 4 nitrogen and oxygen atoms in total. The van der Waals surface area contributed by atoms with Crippen LogP contribution in [0.25, 0.3) is 0 Å². The van der Waals surface area contributed by atoms with Crippen LogP contribution in [-0.2, 0) is 4.79 Å². The van der Waals surface area contributed by atoms with Gasteiger partial charge in [0.25, 0.3) is 0 Å². The van der Waals surface area contributed by atoms with Crippen LogP contribution >= 0.6 is 11.6 Å². The first-order chi connectivity index (χ1) is 10.1. The van der Waals surface area contributed by atoms with Gasteiger partial charge in [-0.2, -0.15) is 5.26 Å². The molecule has 0 aliphatic heterocycles. The zero-order valence-corrected chi connectivity index (χ0v) is 12.3. The monoisotopic (exact) mass is 309 g/mol. The molecule has 2 rings (SSSR count). The van der Waals surface area contributed by atoms with E-state index < -0.39 is 11.4 Å².